The first-order valence-electron chi connectivity index (χ1n) is 8.17. The Bertz CT molecular complexity index is 671. The van der Waals surface area contributed by atoms with Gasteiger partial charge in [0.15, 0.2) is 11.9 Å². The van der Waals surface area contributed by atoms with Crippen molar-refractivity contribution in [2.75, 3.05) is 13.7 Å². The molecule has 2 rings (SSSR count). The number of benzene rings is 1. The fourth-order valence-corrected chi connectivity index (χ4v) is 1.86. The van der Waals surface area contributed by atoms with Gasteiger partial charge in [-0.25, -0.2) is 9.89 Å². The van der Waals surface area contributed by atoms with Gasteiger partial charge in [0, 0.05) is 20.1 Å². The van der Waals surface area contributed by atoms with Gasteiger partial charge in [-0.1, -0.05) is 12.1 Å². The van der Waals surface area contributed by atoms with Crippen molar-refractivity contribution >= 4 is 6.29 Å². The van der Waals surface area contributed by atoms with Crippen molar-refractivity contribution in [1.82, 2.24) is 10.2 Å². The van der Waals surface area contributed by atoms with Crippen LogP contribution in [0.25, 0.3) is 0 Å². The van der Waals surface area contributed by atoms with Gasteiger partial charge >= 0.3 is 5.76 Å². The highest BCUT2D eigenvalue weighted by Gasteiger charge is 2.17. The Hall–Kier alpha value is -2.41. The smallest absolute Gasteiger partial charge is 0.434 e. The molecule has 138 valence electrons. The van der Waals surface area contributed by atoms with Crippen LogP contribution in [0.4, 0.5) is 0 Å². The number of hydrogen-bond acceptors (Lipinski definition) is 6. The molecule has 0 aliphatic carbocycles. The molecule has 2 aromatic rings. The number of carbonyl (C=O) groups is 1. The standard InChI is InChI=1S/C15H18N2O4.C3H8O/c1-15(2,10-18)21-12-8-6-11(7-9-12)4-3-5-13-16-17-14(19)20-13;1-3-4-2/h6-10H,3-5H2,1-2H3,(H,17,19);3H2,1-2H3. The second-order valence-electron chi connectivity index (χ2n) is 5.91. The summed E-state index contributed by atoms with van der Waals surface area (Å²) in [5, 5.41) is 5.99. The van der Waals surface area contributed by atoms with Crippen LogP contribution in [0.5, 0.6) is 5.75 Å². The molecular weight excluding hydrogens is 324 g/mol. The lowest BCUT2D eigenvalue weighted by Crippen LogP contribution is -2.29. The zero-order valence-electron chi connectivity index (χ0n) is 15.2. The number of aldehydes is 1. The van der Waals surface area contributed by atoms with Crippen molar-refractivity contribution < 1.29 is 18.7 Å². The number of aryl methyl sites for hydroxylation is 2. The van der Waals surface area contributed by atoms with Crippen molar-refractivity contribution in [2.45, 2.75) is 45.6 Å². The Morgan fingerprint density at radius 1 is 1.24 bits per heavy atom. The molecule has 0 amide bonds. The van der Waals surface area contributed by atoms with Gasteiger partial charge in [-0.15, -0.1) is 5.10 Å². The average molecular weight is 350 g/mol. The molecule has 0 atom stereocenters. The van der Waals surface area contributed by atoms with Crippen LogP contribution in [-0.4, -0.2) is 35.8 Å². The van der Waals surface area contributed by atoms with Crippen LogP contribution >= 0.6 is 0 Å². The molecule has 0 radical (unpaired) electrons. The first-order valence-corrected chi connectivity index (χ1v) is 8.17. The molecule has 7 nitrogen and oxygen atoms in total. The number of carbonyl (C=O) groups excluding carboxylic acids is 1. The summed E-state index contributed by atoms with van der Waals surface area (Å²) in [6.45, 7) is 6.21. The minimum absolute atomic E-state index is 0.424. The van der Waals surface area contributed by atoms with Gasteiger partial charge in [0.2, 0.25) is 5.89 Å². The van der Waals surface area contributed by atoms with Gasteiger partial charge in [0.25, 0.3) is 0 Å². The Morgan fingerprint density at radius 3 is 2.36 bits per heavy atom. The van der Waals surface area contributed by atoms with Gasteiger partial charge in [-0.05, 0) is 51.3 Å². The highest BCUT2D eigenvalue weighted by molar-refractivity contribution is 5.61. The first kappa shape index (κ1) is 20.6. The Labute approximate surface area is 147 Å². The number of hydrogen-bond donors (Lipinski definition) is 1. The van der Waals surface area contributed by atoms with Gasteiger partial charge in [-0.2, -0.15) is 0 Å². The van der Waals surface area contributed by atoms with Crippen LogP contribution in [0.15, 0.2) is 33.5 Å². The molecule has 1 heterocycles. The van der Waals surface area contributed by atoms with Crippen LogP contribution in [0.1, 0.15) is 38.6 Å². The number of aromatic amines is 1. The molecule has 0 saturated carbocycles. The number of methoxy groups -OCH3 is 1. The number of nitrogens with zero attached hydrogens (tertiary/aromatic N) is 1. The molecule has 0 saturated heterocycles. The minimum atomic E-state index is -0.820. The van der Waals surface area contributed by atoms with Crippen LogP contribution in [0, 0.1) is 0 Å². The largest absolute Gasteiger partial charge is 0.480 e. The summed E-state index contributed by atoms with van der Waals surface area (Å²) in [7, 11) is 1.68. The van der Waals surface area contributed by atoms with E-state index in [-0.39, 0.29) is 0 Å². The maximum atomic E-state index is 10.8. The third-order valence-electron chi connectivity index (χ3n) is 3.22. The third kappa shape index (κ3) is 8.30. The van der Waals surface area contributed by atoms with Crippen LogP contribution in [0.3, 0.4) is 0 Å². The molecular formula is C18H26N2O5. The number of H-pyrrole nitrogens is 1. The molecule has 1 aromatic carbocycles. The molecule has 0 aliphatic rings. The van der Waals surface area contributed by atoms with Gasteiger partial charge in [0.05, 0.1) is 0 Å². The topological polar surface area (TPSA) is 94.4 Å². The van der Waals surface area contributed by atoms with E-state index in [0.717, 1.165) is 31.3 Å². The number of aromatic nitrogens is 2. The molecule has 0 aliphatic heterocycles. The Kier molecular flexibility index (Phi) is 8.63. The second kappa shape index (κ2) is 10.5. The molecule has 25 heavy (non-hydrogen) atoms. The predicted molar refractivity (Wildman–Crippen MR) is 93.9 cm³/mol. The Morgan fingerprint density at radius 2 is 1.88 bits per heavy atom. The molecule has 1 N–H and O–H groups in total. The van der Waals surface area contributed by atoms with Crippen LogP contribution < -0.4 is 10.5 Å². The molecule has 0 fully saturated rings. The summed E-state index contributed by atoms with van der Waals surface area (Å²) in [6.07, 6.45) is 3.05. The molecule has 0 unspecified atom stereocenters. The monoisotopic (exact) mass is 350 g/mol. The summed E-state index contributed by atoms with van der Waals surface area (Å²) in [5.41, 5.74) is 0.322. The highest BCUT2D eigenvalue weighted by Crippen LogP contribution is 2.18. The number of ether oxygens (including phenoxy) is 2. The maximum Gasteiger partial charge on any atom is 0.434 e. The summed E-state index contributed by atoms with van der Waals surface area (Å²) in [6, 6.07) is 7.60. The van der Waals surface area contributed by atoms with E-state index in [4.69, 9.17) is 9.15 Å². The van der Waals surface area contributed by atoms with Crippen molar-refractivity contribution in [1.29, 1.82) is 0 Å². The number of nitrogens with one attached hydrogen (secondary N) is 1. The van der Waals surface area contributed by atoms with E-state index in [1.807, 2.05) is 31.2 Å². The van der Waals surface area contributed by atoms with E-state index in [2.05, 4.69) is 14.9 Å². The lowest BCUT2D eigenvalue weighted by atomic mass is 10.1. The zero-order chi connectivity index (χ0) is 18.7. The van der Waals surface area contributed by atoms with E-state index >= 15 is 0 Å². The predicted octanol–water partition coefficient (Wildman–Crippen LogP) is 2.55. The van der Waals surface area contributed by atoms with Crippen molar-refractivity contribution in [3.05, 3.63) is 46.3 Å². The van der Waals surface area contributed by atoms with E-state index in [1.165, 1.54) is 0 Å². The Balaban J connectivity index is 0.000000705. The lowest BCUT2D eigenvalue weighted by molar-refractivity contribution is -0.118. The van der Waals surface area contributed by atoms with Crippen LogP contribution in [0.2, 0.25) is 0 Å². The lowest BCUT2D eigenvalue weighted by Gasteiger charge is -2.19. The van der Waals surface area contributed by atoms with Gasteiger partial charge in [0.1, 0.15) is 5.75 Å². The number of rotatable bonds is 8. The quantitative estimate of drug-likeness (QED) is 0.735. The summed E-state index contributed by atoms with van der Waals surface area (Å²) in [5.74, 6) is 0.561. The molecule has 0 spiro atoms. The van der Waals surface area contributed by atoms with Gasteiger partial charge < -0.3 is 13.9 Å². The average Bonchev–Trinajstić information content (AvgIpc) is 3.02. The second-order valence-corrected chi connectivity index (χ2v) is 5.91. The molecule has 7 heteroatoms. The molecule has 1 aromatic heterocycles. The third-order valence-corrected chi connectivity index (χ3v) is 3.22. The molecule has 0 bridgehead atoms. The summed E-state index contributed by atoms with van der Waals surface area (Å²) >= 11 is 0. The van der Waals surface area contributed by atoms with Crippen molar-refractivity contribution in [3.8, 4) is 5.75 Å². The fraction of sp³-hybridized carbons (Fsp3) is 0.500. The zero-order valence-corrected chi connectivity index (χ0v) is 15.2. The van der Waals surface area contributed by atoms with E-state index in [1.54, 1.807) is 21.0 Å². The first-order chi connectivity index (χ1) is 11.9. The maximum absolute atomic E-state index is 10.8. The van der Waals surface area contributed by atoms with Crippen LogP contribution in [-0.2, 0) is 22.4 Å². The van der Waals surface area contributed by atoms with Crippen molar-refractivity contribution in [2.24, 2.45) is 0 Å². The van der Waals surface area contributed by atoms with Crippen molar-refractivity contribution in [3.63, 3.8) is 0 Å². The van der Waals surface area contributed by atoms with E-state index in [9.17, 15) is 9.59 Å². The van der Waals surface area contributed by atoms with E-state index < -0.39 is 11.4 Å². The summed E-state index contributed by atoms with van der Waals surface area (Å²) < 4.78 is 14.9. The van der Waals surface area contributed by atoms with E-state index in [0.29, 0.717) is 18.1 Å². The highest BCUT2D eigenvalue weighted by atomic mass is 16.5. The van der Waals surface area contributed by atoms with Gasteiger partial charge in [-0.3, -0.25) is 4.79 Å². The SMILES string of the molecule is CC(C)(C=O)Oc1ccc(CCCc2n[nH]c(=O)o2)cc1.CCOC. The normalized spacial score (nSPS) is 10.7. The fourth-order valence-electron chi connectivity index (χ4n) is 1.86. The minimum Gasteiger partial charge on any atom is -0.480 e. The summed E-state index contributed by atoms with van der Waals surface area (Å²) in [4.78, 5) is 21.6.